The fraction of sp³-hybridized carbons (Fsp3) is 0.100. The molecule has 25 heavy (non-hydrogen) atoms. The molecule has 5 heteroatoms. The van der Waals surface area contributed by atoms with Crippen molar-refractivity contribution in [2.75, 3.05) is 10.6 Å². The van der Waals surface area contributed by atoms with E-state index in [1.165, 1.54) is 0 Å². The molecule has 3 rings (SSSR count). The summed E-state index contributed by atoms with van der Waals surface area (Å²) in [7, 11) is 0. The predicted molar refractivity (Wildman–Crippen MR) is 102 cm³/mol. The van der Waals surface area contributed by atoms with Crippen LogP contribution in [0.15, 0.2) is 66.9 Å². The molecule has 0 aliphatic heterocycles. The Balaban J connectivity index is 1.60. The third-order valence-corrected chi connectivity index (χ3v) is 3.96. The molecule has 1 amide bonds. The first-order chi connectivity index (χ1) is 12.1. The average Bonchev–Trinajstić information content (AvgIpc) is 2.58. The zero-order valence-electron chi connectivity index (χ0n) is 13.8. The van der Waals surface area contributed by atoms with Gasteiger partial charge >= 0.3 is 0 Å². The number of benzene rings is 2. The normalized spacial score (nSPS) is 10.3. The van der Waals surface area contributed by atoms with Crippen molar-refractivity contribution in [3.05, 3.63) is 83.0 Å². The maximum Gasteiger partial charge on any atom is 0.229 e. The number of nitrogens with zero attached hydrogens (tertiary/aromatic N) is 1. The molecule has 126 valence electrons. The van der Waals surface area contributed by atoms with Gasteiger partial charge in [0.25, 0.3) is 0 Å². The lowest BCUT2D eigenvalue weighted by molar-refractivity contribution is -0.115. The van der Waals surface area contributed by atoms with Crippen LogP contribution in [0, 0.1) is 6.92 Å². The number of aryl methyl sites for hydroxylation is 1. The van der Waals surface area contributed by atoms with Crippen molar-refractivity contribution in [1.29, 1.82) is 0 Å². The van der Waals surface area contributed by atoms with Crippen molar-refractivity contribution >= 4 is 34.7 Å². The van der Waals surface area contributed by atoms with Crippen molar-refractivity contribution in [2.24, 2.45) is 0 Å². The van der Waals surface area contributed by atoms with Crippen molar-refractivity contribution in [2.45, 2.75) is 13.3 Å². The highest BCUT2D eigenvalue weighted by Crippen LogP contribution is 2.24. The van der Waals surface area contributed by atoms with Gasteiger partial charge in [-0.15, -0.1) is 0 Å². The first-order valence-electron chi connectivity index (χ1n) is 7.93. The Morgan fingerprint density at radius 3 is 2.64 bits per heavy atom. The van der Waals surface area contributed by atoms with Gasteiger partial charge in [-0.1, -0.05) is 53.6 Å². The van der Waals surface area contributed by atoms with E-state index in [-0.39, 0.29) is 5.91 Å². The number of hydrogen-bond donors (Lipinski definition) is 2. The summed E-state index contributed by atoms with van der Waals surface area (Å²) in [4.78, 5) is 16.4. The Kier molecular flexibility index (Phi) is 5.31. The highest BCUT2D eigenvalue weighted by atomic mass is 35.5. The second-order valence-electron chi connectivity index (χ2n) is 5.75. The molecule has 1 aromatic heterocycles. The third kappa shape index (κ3) is 4.81. The number of para-hydroxylation sites is 1. The van der Waals surface area contributed by atoms with Crippen molar-refractivity contribution in [3.8, 4) is 0 Å². The van der Waals surface area contributed by atoms with Crippen LogP contribution in [0.4, 0.5) is 17.2 Å². The zero-order chi connectivity index (χ0) is 17.6. The molecule has 1 heterocycles. The minimum atomic E-state index is -0.0927. The van der Waals surface area contributed by atoms with Crippen LogP contribution in [0.2, 0.25) is 5.02 Å². The second-order valence-corrected chi connectivity index (χ2v) is 6.16. The van der Waals surface area contributed by atoms with Gasteiger partial charge in [0.05, 0.1) is 29.0 Å². The number of anilines is 3. The van der Waals surface area contributed by atoms with E-state index in [9.17, 15) is 4.79 Å². The maximum atomic E-state index is 12.1. The quantitative estimate of drug-likeness (QED) is 0.682. The Morgan fingerprint density at radius 2 is 1.92 bits per heavy atom. The first-order valence-corrected chi connectivity index (χ1v) is 8.31. The highest BCUT2D eigenvalue weighted by molar-refractivity contribution is 6.33. The lowest BCUT2D eigenvalue weighted by Gasteiger charge is -2.09. The summed E-state index contributed by atoms with van der Waals surface area (Å²) in [5, 5.41) is 6.64. The molecule has 0 saturated carbocycles. The Labute approximate surface area is 151 Å². The molecule has 0 unspecified atom stereocenters. The minimum absolute atomic E-state index is 0.0927. The molecule has 2 N–H and O–H groups in total. The number of pyridine rings is 1. The van der Waals surface area contributed by atoms with Crippen LogP contribution < -0.4 is 10.6 Å². The predicted octanol–water partition coefficient (Wildman–Crippen LogP) is 4.97. The minimum Gasteiger partial charge on any atom is -0.353 e. The van der Waals surface area contributed by atoms with Gasteiger partial charge in [0.15, 0.2) is 0 Å². The average molecular weight is 352 g/mol. The molecule has 0 radical (unpaired) electrons. The summed E-state index contributed by atoms with van der Waals surface area (Å²) < 4.78 is 0. The summed E-state index contributed by atoms with van der Waals surface area (Å²) in [5.74, 6) is 0.423. The maximum absolute atomic E-state index is 12.1. The number of nitrogens with one attached hydrogen (secondary N) is 2. The number of halogens is 1. The van der Waals surface area contributed by atoms with E-state index in [1.54, 1.807) is 12.3 Å². The number of carbonyl (C=O) groups is 1. The van der Waals surface area contributed by atoms with Gasteiger partial charge in [-0.05, 0) is 36.8 Å². The van der Waals surface area contributed by atoms with Gasteiger partial charge in [-0.2, -0.15) is 0 Å². The SMILES string of the molecule is Cc1cccc(CC(=O)Nc2ccc(Nc3ccccc3Cl)cn2)c1. The Hall–Kier alpha value is -2.85. The van der Waals surface area contributed by atoms with Crippen molar-refractivity contribution in [3.63, 3.8) is 0 Å². The van der Waals surface area contributed by atoms with Gasteiger partial charge in [0.1, 0.15) is 5.82 Å². The summed E-state index contributed by atoms with van der Waals surface area (Å²) in [5.41, 5.74) is 3.72. The van der Waals surface area contributed by atoms with E-state index in [0.717, 1.165) is 22.5 Å². The summed E-state index contributed by atoms with van der Waals surface area (Å²) in [6.45, 7) is 2.01. The van der Waals surface area contributed by atoms with E-state index < -0.39 is 0 Å². The third-order valence-electron chi connectivity index (χ3n) is 3.63. The molecule has 0 atom stereocenters. The number of rotatable bonds is 5. The molecule has 0 spiro atoms. The van der Waals surface area contributed by atoms with Gasteiger partial charge in [-0.3, -0.25) is 4.79 Å². The summed E-state index contributed by atoms with van der Waals surface area (Å²) in [6.07, 6.45) is 1.98. The zero-order valence-corrected chi connectivity index (χ0v) is 14.5. The fourth-order valence-electron chi connectivity index (χ4n) is 2.45. The number of aromatic nitrogens is 1. The van der Waals surface area contributed by atoms with E-state index >= 15 is 0 Å². The molecule has 2 aromatic carbocycles. The molecule has 0 fully saturated rings. The molecule has 0 aliphatic carbocycles. The molecular weight excluding hydrogens is 334 g/mol. The molecule has 3 aromatic rings. The van der Waals surface area contributed by atoms with Gasteiger partial charge in [0.2, 0.25) is 5.91 Å². The van der Waals surface area contributed by atoms with Gasteiger partial charge in [-0.25, -0.2) is 4.98 Å². The highest BCUT2D eigenvalue weighted by Gasteiger charge is 2.06. The number of hydrogen-bond acceptors (Lipinski definition) is 3. The Morgan fingerprint density at radius 1 is 1.08 bits per heavy atom. The first kappa shape index (κ1) is 17.0. The fourth-order valence-corrected chi connectivity index (χ4v) is 2.64. The molecule has 4 nitrogen and oxygen atoms in total. The topological polar surface area (TPSA) is 54.0 Å². The van der Waals surface area contributed by atoms with E-state index in [4.69, 9.17) is 11.6 Å². The van der Waals surface area contributed by atoms with Crippen LogP contribution >= 0.6 is 11.6 Å². The smallest absolute Gasteiger partial charge is 0.229 e. The standard InChI is InChI=1S/C20H18ClN3O/c1-14-5-4-6-15(11-14)12-20(25)24-19-10-9-16(13-22-19)23-18-8-3-2-7-17(18)21/h2-11,13,23H,12H2,1H3,(H,22,24,25). The molecule has 0 bridgehead atoms. The van der Waals surface area contributed by atoms with Crippen LogP contribution in [0.1, 0.15) is 11.1 Å². The number of amides is 1. The molecular formula is C20H18ClN3O. The van der Waals surface area contributed by atoms with Crippen LogP contribution in [0.25, 0.3) is 0 Å². The molecule has 0 aliphatic rings. The lowest BCUT2D eigenvalue weighted by Crippen LogP contribution is -2.15. The van der Waals surface area contributed by atoms with Crippen LogP contribution in [-0.4, -0.2) is 10.9 Å². The van der Waals surface area contributed by atoms with Crippen molar-refractivity contribution < 1.29 is 4.79 Å². The monoisotopic (exact) mass is 351 g/mol. The molecule has 0 saturated heterocycles. The van der Waals surface area contributed by atoms with E-state index in [0.29, 0.717) is 17.3 Å². The van der Waals surface area contributed by atoms with Gasteiger partial charge < -0.3 is 10.6 Å². The number of carbonyl (C=O) groups excluding carboxylic acids is 1. The van der Waals surface area contributed by atoms with E-state index in [1.807, 2.05) is 61.5 Å². The largest absolute Gasteiger partial charge is 0.353 e. The second kappa shape index (κ2) is 7.81. The van der Waals surface area contributed by atoms with E-state index in [2.05, 4.69) is 15.6 Å². The van der Waals surface area contributed by atoms with Crippen LogP contribution in [0.5, 0.6) is 0 Å². The van der Waals surface area contributed by atoms with Crippen LogP contribution in [0.3, 0.4) is 0 Å². The summed E-state index contributed by atoms with van der Waals surface area (Å²) >= 11 is 6.12. The van der Waals surface area contributed by atoms with Gasteiger partial charge in [0, 0.05) is 0 Å². The van der Waals surface area contributed by atoms with Crippen LogP contribution in [-0.2, 0) is 11.2 Å². The summed E-state index contributed by atoms with van der Waals surface area (Å²) in [6, 6.07) is 19.0. The Bertz CT molecular complexity index is 878. The lowest BCUT2D eigenvalue weighted by atomic mass is 10.1. The van der Waals surface area contributed by atoms with Crippen molar-refractivity contribution in [1.82, 2.24) is 4.98 Å².